The van der Waals surface area contributed by atoms with Gasteiger partial charge in [0.25, 0.3) is 0 Å². The van der Waals surface area contributed by atoms with Crippen molar-refractivity contribution in [2.45, 2.75) is 24.7 Å². The summed E-state index contributed by atoms with van der Waals surface area (Å²) in [5.74, 6) is 0.958. The van der Waals surface area contributed by atoms with Crippen LogP contribution in [0.25, 0.3) is 0 Å². The first-order chi connectivity index (χ1) is 10.1. The molecule has 0 amide bonds. The van der Waals surface area contributed by atoms with E-state index in [1.54, 1.807) is 23.5 Å². The van der Waals surface area contributed by atoms with Crippen molar-refractivity contribution in [1.29, 1.82) is 0 Å². The van der Waals surface area contributed by atoms with Crippen molar-refractivity contribution in [2.24, 2.45) is 5.92 Å². The molecule has 1 aliphatic heterocycles. The minimum Gasteiger partial charge on any atom is -0.384 e. The molecule has 1 saturated heterocycles. The summed E-state index contributed by atoms with van der Waals surface area (Å²) in [6.45, 7) is 4.41. The lowest BCUT2D eigenvalue weighted by Crippen LogP contribution is -2.41. The Balaban J connectivity index is 2.13. The highest BCUT2D eigenvalue weighted by molar-refractivity contribution is 7.89. The maximum absolute atomic E-state index is 12.6. The van der Waals surface area contributed by atoms with Gasteiger partial charge in [-0.15, -0.1) is 0 Å². The second kappa shape index (κ2) is 7.20. The number of pyridine rings is 1. The number of methoxy groups -OCH3 is 1. The predicted octanol–water partition coefficient (Wildman–Crippen LogP) is 1.56. The number of piperidine rings is 1. The Labute approximate surface area is 126 Å². The highest BCUT2D eigenvalue weighted by Gasteiger charge is 2.30. The smallest absolute Gasteiger partial charge is 0.244 e. The fourth-order valence-electron chi connectivity index (χ4n) is 2.58. The molecule has 0 aromatic carbocycles. The van der Waals surface area contributed by atoms with Crippen molar-refractivity contribution < 1.29 is 13.2 Å². The third-order valence-corrected chi connectivity index (χ3v) is 5.46. The van der Waals surface area contributed by atoms with Gasteiger partial charge in [-0.3, -0.25) is 0 Å². The van der Waals surface area contributed by atoms with E-state index < -0.39 is 10.0 Å². The van der Waals surface area contributed by atoms with Crippen molar-refractivity contribution in [3.8, 4) is 0 Å². The van der Waals surface area contributed by atoms with Crippen LogP contribution >= 0.6 is 0 Å². The minimum absolute atomic E-state index is 0.252. The van der Waals surface area contributed by atoms with Gasteiger partial charge in [0.1, 0.15) is 10.7 Å². The quantitative estimate of drug-likeness (QED) is 0.863. The number of nitrogens with zero attached hydrogens (tertiary/aromatic N) is 2. The number of aromatic nitrogens is 1. The number of sulfonamides is 1. The zero-order valence-corrected chi connectivity index (χ0v) is 13.4. The molecule has 0 spiro atoms. The maximum Gasteiger partial charge on any atom is 0.244 e. The Kier molecular flexibility index (Phi) is 5.55. The lowest BCUT2D eigenvalue weighted by molar-refractivity contribution is 0.118. The van der Waals surface area contributed by atoms with Crippen LogP contribution < -0.4 is 5.32 Å². The first-order valence-corrected chi connectivity index (χ1v) is 8.71. The minimum atomic E-state index is -3.46. The summed E-state index contributed by atoms with van der Waals surface area (Å²) < 4.78 is 32.0. The summed E-state index contributed by atoms with van der Waals surface area (Å²) in [6.07, 6.45) is 3.31. The highest BCUT2D eigenvalue weighted by Crippen LogP contribution is 2.24. The average Bonchev–Trinajstić information content (AvgIpc) is 2.49. The molecule has 1 N–H and O–H groups in total. The van der Waals surface area contributed by atoms with Crippen LogP contribution in [-0.2, 0) is 14.8 Å². The van der Waals surface area contributed by atoms with E-state index in [0.29, 0.717) is 25.5 Å². The third-order valence-electron chi connectivity index (χ3n) is 3.62. The van der Waals surface area contributed by atoms with E-state index in [9.17, 15) is 8.42 Å². The number of nitrogens with one attached hydrogen (secondary N) is 1. The normalized spacial score (nSPS) is 20.4. The van der Waals surface area contributed by atoms with E-state index in [1.807, 2.05) is 6.92 Å². The fourth-order valence-corrected chi connectivity index (χ4v) is 4.09. The monoisotopic (exact) mass is 313 g/mol. The van der Waals surface area contributed by atoms with Crippen molar-refractivity contribution in [3.63, 3.8) is 0 Å². The Morgan fingerprint density at radius 1 is 1.48 bits per heavy atom. The molecule has 1 fully saturated rings. The molecule has 0 aliphatic carbocycles. The number of anilines is 1. The average molecular weight is 313 g/mol. The van der Waals surface area contributed by atoms with Gasteiger partial charge >= 0.3 is 0 Å². The number of rotatable bonds is 6. The van der Waals surface area contributed by atoms with Crippen molar-refractivity contribution in [1.82, 2.24) is 9.29 Å². The van der Waals surface area contributed by atoms with E-state index in [2.05, 4.69) is 10.3 Å². The summed E-state index contributed by atoms with van der Waals surface area (Å²) in [6, 6.07) is 3.31. The molecule has 0 bridgehead atoms. The SMILES string of the molecule is CCNc1ccc(S(=O)(=O)N2CCCC(COC)C2)cn1. The highest BCUT2D eigenvalue weighted by atomic mass is 32.2. The molecule has 118 valence electrons. The number of hydrogen-bond acceptors (Lipinski definition) is 5. The Bertz CT molecular complexity index is 543. The predicted molar refractivity (Wildman–Crippen MR) is 81.8 cm³/mol. The number of hydrogen-bond donors (Lipinski definition) is 1. The molecular formula is C14H23N3O3S. The second-order valence-corrected chi connectivity index (χ2v) is 7.17. The first kappa shape index (κ1) is 16.2. The standard InChI is InChI=1S/C14H23N3O3S/c1-3-15-14-7-6-13(9-16-14)21(18,19)17-8-4-5-12(10-17)11-20-2/h6-7,9,12H,3-5,8,10-11H2,1-2H3,(H,15,16). The van der Waals surface area contributed by atoms with Gasteiger partial charge in [-0.25, -0.2) is 13.4 Å². The Hall–Kier alpha value is -1.18. The van der Waals surface area contributed by atoms with Gasteiger partial charge in [-0.1, -0.05) is 0 Å². The topological polar surface area (TPSA) is 71.5 Å². The van der Waals surface area contributed by atoms with Crippen LogP contribution in [0.4, 0.5) is 5.82 Å². The molecular weight excluding hydrogens is 290 g/mol. The molecule has 1 atom stereocenters. The largest absolute Gasteiger partial charge is 0.384 e. The van der Waals surface area contributed by atoms with Crippen LogP contribution in [0.1, 0.15) is 19.8 Å². The molecule has 1 aliphatic rings. The molecule has 21 heavy (non-hydrogen) atoms. The summed E-state index contributed by atoms with van der Waals surface area (Å²) in [7, 11) is -1.81. The molecule has 1 aromatic rings. The van der Waals surface area contributed by atoms with E-state index in [1.165, 1.54) is 6.20 Å². The fraction of sp³-hybridized carbons (Fsp3) is 0.643. The second-order valence-electron chi connectivity index (χ2n) is 5.24. The van der Waals surface area contributed by atoms with E-state index in [-0.39, 0.29) is 10.8 Å². The van der Waals surface area contributed by atoms with Gasteiger partial charge in [-0.2, -0.15) is 4.31 Å². The molecule has 2 heterocycles. The number of ether oxygens (including phenoxy) is 1. The van der Waals surface area contributed by atoms with E-state index in [0.717, 1.165) is 19.4 Å². The lowest BCUT2D eigenvalue weighted by Gasteiger charge is -2.31. The molecule has 0 radical (unpaired) electrons. The van der Waals surface area contributed by atoms with Crippen LogP contribution in [0.2, 0.25) is 0 Å². The molecule has 1 aromatic heterocycles. The van der Waals surface area contributed by atoms with Gasteiger partial charge in [0.15, 0.2) is 0 Å². The first-order valence-electron chi connectivity index (χ1n) is 7.27. The summed E-state index contributed by atoms with van der Waals surface area (Å²) >= 11 is 0. The van der Waals surface area contributed by atoms with Gasteiger partial charge < -0.3 is 10.1 Å². The van der Waals surface area contributed by atoms with E-state index >= 15 is 0 Å². The molecule has 2 rings (SSSR count). The zero-order valence-electron chi connectivity index (χ0n) is 12.6. The van der Waals surface area contributed by atoms with Crippen molar-refractivity contribution in [3.05, 3.63) is 18.3 Å². The van der Waals surface area contributed by atoms with Crippen molar-refractivity contribution >= 4 is 15.8 Å². The van der Waals surface area contributed by atoms with Crippen LogP contribution in [-0.4, -0.2) is 51.1 Å². The van der Waals surface area contributed by atoms with Gasteiger partial charge in [0.2, 0.25) is 10.0 Å². The van der Waals surface area contributed by atoms with Crippen LogP contribution in [0.15, 0.2) is 23.2 Å². The zero-order chi connectivity index (χ0) is 15.3. The summed E-state index contributed by atoms with van der Waals surface area (Å²) in [5, 5.41) is 3.05. The van der Waals surface area contributed by atoms with Crippen LogP contribution in [0.3, 0.4) is 0 Å². The van der Waals surface area contributed by atoms with Crippen LogP contribution in [0.5, 0.6) is 0 Å². The summed E-state index contributed by atoms with van der Waals surface area (Å²) in [4.78, 5) is 4.40. The Morgan fingerprint density at radius 2 is 2.29 bits per heavy atom. The molecule has 7 heteroatoms. The van der Waals surface area contributed by atoms with Gasteiger partial charge in [0, 0.05) is 32.9 Å². The molecule has 0 saturated carbocycles. The third kappa shape index (κ3) is 3.93. The maximum atomic E-state index is 12.6. The van der Waals surface area contributed by atoms with Gasteiger partial charge in [-0.05, 0) is 37.8 Å². The Morgan fingerprint density at radius 3 is 2.90 bits per heavy atom. The lowest BCUT2D eigenvalue weighted by atomic mass is 10.0. The summed E-state index contributed by atoms with van der Waals surface area (Å²) in [5.41, 5.74) is 0. The van der Waals surface area contributed by atoms with Gasteiger partial charge in [0.05, 0.1) is 6.61 Å². The van der Waals surface area contributed by atoms with Crippen LogP contribution in [0, 0.1) is 5.92 Å². The van der Waals surface area contributed by atoms with Crippen molar-refractivity contribution in [2.75, 3.05) is 38.7 Å². The molecule has 6 nitrogen and oxygen atoms in total. The van der Waals surface area contributed by atoms with E-state index in [4.69, 9.17) is 4.74 Å². The molecule has 1 unspecified atom stereocenters.